The van der Waals surface area contributed by atoms with E-state index in [2.05, 4.69) is 0 Å². The fraction of sp³-hybridized carbons (Fsp3) is 0.500. The first kappa shape index (κ1) is 13.2. The largest absolute Gasteiger partial charge is 0.497 e. The first-order valence-electron chi connectivity index (χ1n) is 6.31. The van der Waals surface area contributed by atoms with Crippen LogP contribution in [0.25, 0.3) is 0 Å². The number of rotatable bonds is 3. The summed E-state index contributed by atoms with van der Waals surface area (Å²) in [4.78, 5) is 14.0. The van der Waals surface area contributed by atoms with Crippen molar-refractivity contribution in [2.24, 2.45) is 0 Å². The number of carbonyl (C=O) groups excluding carboxylic acids is 1. The van der Waals surface area contributed by atoms with Crippen molar-refractivity contribution in [3.8, 4) is 5.75 Å². The Labute approximate surface area is 113 Å². The summed E-state index contributed by atoms with van der Waals surface area (Å²) in [6.45, 7) is 1.76. The molecule has 1 saturated heterocycles. The molecule has 0 aliphatic carbocycles. The van der Waals surface area contributed by atoms with Gasteiger partial charge in [0.25, 0.3) is 0 Å². The molecular formula is C14H18ClNO2. The molecule has 18 heavy (non-hydrogen) atoms. The van der Waals surface area contributed by atoms with Gasteiger partial charge >= 0.3 is 0 Å². The summed E-state index contributed by atoms with van der Waals surface area (Å²) in [5, 5.41) is 0.597. The standard InChI is InChI=1S/C14H18ClNO2/c1-18-12-6-5-11(13(15)10-12)9-14(17)16-7-3-2-4-8-16/h5-6,10H,2-4,7-9H2,1H3. The van der Waals surface area contributed by atoms with Crippen molar-refractivity contribution < 1.29 is 9.53 Å². The first-order valence-corrected chi connectivity index (χ1v) is 6.68. The van der Waals surface area contributed by atoms with E-state index in [1.54, 1.807) is 13.2 Å². The smallest absolute Gasteiger partial charge is 0.227 e. The Bertz CT molecular complexity index is 428. The van der Waals surface area contributed by atoms with E-state index >= 15 is 0 Å². The van der Waals surface area contributed by atoms with Crippen molar-refractivity contribution in [2.45, 2.75) is 25.7 Å². The fourth-order valence-electron chi connectivity index (χ4n) is 2.22. The predicted octanol–water partition coefficient (Wildman–Crippen LogP) is 2.90. The SMILES string of the molecule is COc1ccc(CC(=O)N2CCCCC2)c(Cl)c1. The van der Waals surface area contributed by atoms with Crippen molar-refractivity contribution >= 4 is 17.5 Å². The molecule has 0 bridgehead atoms. The number of halogens is 1. The van der Waals surface area contributed by atoms with Gasteiger partial charge in [0.05, 0.1) is 13.5 Å². The Morgan fingerprint density at radius 2 is 2.06 bits per heavy atom. The number of likely N-dealkylation sites (tertiary alicyclic amines) is 1. The monoisotopic (exact) mass is 267 g/mol. The lowest BCUT2D eigenvalue weighted by Gasteiger charge is -2.26. The highest BCUT2D eigenvalue weighted by molar-refractivity contribution is 6.31. The Morgan fingerprint density at radius 1 is 1.33 bits per heavy atom. The average Bonchev–Trinajstić information content (AvgIpc) is 2.42. The van der Waals surface area contributed by atoms with E-state index in [1.165, 1.54) is 6.42 Å². The maximum atomic E-state index is 12.1. The minimum absolute atomic E-state index is 0.168. The maximum Gasteiger partial charge on any atom is 0.227 e. The van der Waals surface area contributed by atoms with Crippen LogP contribution in [-0.4, -0.2) is 31.0 Å². The number of benzene rings is 1. The van der Waals surface area contributed by atoms with Crippen molar-refractivity contribution in [3.63, 3.8) is 0 Å². The van der Waals surface area contributed by atoms with Gasteiger partial charge in [0.2, 0.25) is 5.91 Å². The van der Waals surface area contributed by atoms with Crippen LogP contribution in [0.15, 0.2) is 18.2 Å². The van der Waals surface area contributed by atoms with Crippen LogP contribution >= 0.6 is 11.6 Å². The summed E-state index contributed by atoms with van der Waals surface area (Å²) in [7, 11) is 1.60. The molecule has 1 fully saturated rings. The lowest BCUT2D eigenvalue weighted by atomic mass is 10.1. The Kier molecular flexibility index (Phi) is 4.48. The second-order valence-corrected chi connectivity index (χ2v) is 4.98. The number of methoxy groups -OCH3 is 1. The van der Waals surface area contributed by atoms with E-state index in [-0.39, 0.29) is 5.91 Å². The van der Waals surface area contributed by atoms with Gasteiger partial charge in [-0.2, -0.15) is 0 Å². The van der Waals surface area contributed by atoms with Crippen LogP contribution in [-0.2, 0) is 11.2 Å². The molecule has 0 spiro atoms. The van der Waals surface area contributed by atoms with Crippen molar-refractivity contribution in [1.29, 1.82) is 0 Å². The molecule has 2 rings (SSSR count). The van der Waals surface area contributed by atoms with Gasteiger partial charge in [0, 0.05) is 18.1 Å². The third kappa shape index (κ3) is 3.16. The molecule has 3 nitrogen and oxygen atoms in total. The molecule has 0 radical (unpaired) electrons. The van der Waals surface area contributed by atoms with Crippen LogP contribution in [0.5, 0.6) is 5.75 Å². The highest BCUT2D eigenvalue weighted by atomic mass is 35.5. The van der Waals surface area contributed by atoms with E-state index in [1.807, 2.05) is 17.0 Å². The second-order valence-electron chi connectivity index (χ2n) is 4.58. The molecule has 0 atom stereocenters. The van der Waals surface area contributed by atoms with Gasteiger partial charge < -0.3 is 9.64 Å². The van der Waals surface area contributed by atoms with E-state index in [0.717, 1.165) is 31.5 Å². The molecule has 0 N–H and O–H groups in total. The summed E-state index contributed by atoms with van der Waals surface area (Å²) >= 11 is 6.14. The van der Waals surface area contributed by atoms with Gasteiger partial charge in [-0.05, 0) is 37.0 Å². The van der Waals surface area contributed by atoms with Gasteiger partial charge in [-0.3, -0.25) is 4.79 Å². The summed E-state index contributed by atoms with van der Waals surface area (Å²) in [6.07, 6.45) is 3.83. The Balaban J connectivity index is 2.02. The topological polar surface area (TPSA) is 29.5 Å². The van der Waals surface area contributed by atoms with E-state index in [4.69, 9.17) is 16.3 Å². The lowest BCUT2D eigenvalue weighted by molar-refractivity contribution is -0.131. The average molecular weight is 268 g/mol. The van der Waals surface area contributed by atoms with Crippen molar-refractivity contribution in [1.82, 2.24) is 4.90 Å². The summed E-state index contributed by atoms with van der Waals surface area (Å²) < 4.78 is 5.09. The van der Waals surface area contributed by atoms with Gasteiger partial charge in [0.15, 0.2) is 0 Å². The molecule has 0 saturated carbocycles. The van der Waals surface area contributed by atoms with E-state index in [9.17, 15) is 4.79 Å². The van der Waals surface area contributed by atoms with Crippen LogP contribution in [0, 0.1) is 0 Å². The van der Waals surface area contributed by atoms with Gasteiger partial charge in [-0.15, -0.1) is 0 Å². The summed E-state index contributed by atoms with van der Waals surface area (Å²) in [5.41, 5.74) is 0.869. The first-order chi connectivity index (χ1) is 8.70. The molecule has 1 aromatic carbocycles. The Morgan fingerprint density at radius 3 is 2.67 bits per heavy atom. The molecule has 4 heteroatoms. The third-order valence-electron chi connectivity index (χ3n) is 3.31. The highest BCUT2D eigenvalue weighted by Gasteiger charge is 2.17. The van der Waals surface area contributed by atoms with Crippen molar-refractivity contribution in [3.05, 3.63) is 28.8 Å². The fourth-order valence-corrected chi connectivity index (χ4v) is 2.45. The zero-order chi connectivity index (χ0) is 13.0. The molecule has 0 unspecified atom stereocenters. The predicted molar refractivity (Wildman–Crippen MR) is 72.1 cm³/mol. The number of hydrogen-bond acceptors (Lipinski definition) is 2. The van der Waals surface area contributed by atoms with E-state index < -0.39 is 0 Å². The molecule has 0 aromatic heterocycles. The van der Waals surface area contributed by atoms with E-state index in [0.29, 0.717) is 17.2 Å². The second kappa shape index (κ2) is 6.10. The van der Waals surface area contributed by atoms with Gasteiger partial charge in [0.1, 0.15) is 5.75 Å². The molecule has 98 valence electrons. The van der Waals surface area contributed by atoms with Crippen LogP contribution in [0.3, 0.4) is 0 Å². The number of nitrogens with zero attached hydrogens (tertiary/aromatic N) is 1. The number of amides is 1. The quantitative estimate of drug-likeness (QED) is 0.843. The number of piperidine rings is 1. The number of hydrogen-bond donors (Lipinski definition) is 0. The summed E-state index contributed by atoms with van der Waals surface area (Å²) in [5.74, 6) is 0.885. The maximum absolute atomic E-state index is 12.1. The van der Waals surface area contributed by atoms with Crippen LogP contribution < -0.4 is 4.74 Å². The minimum atomic E-state index is 0.168. The zero-order valence-electron chi connectivity index (χ0n) is 10.6. The van der Waals surface area contributed by atoms with Crippen molar-refractivity contribution in [2.75, 3.05) is 20.2 Å². The molecular weight excluding hydrogens is 250 g/mol. The normalized spacial score (nSPS) is 15.6. The molecule has 1 aliphatic heterocycles. The van der Waals surface area contributed by atoms with Gasteiger partial charge in [-0.1, -0.05) is 17.7 Å². The summed E-state index contributed by atoms with van der Waals surface area (Å²) in [6, 6.07) is 5.45. The molecule has 1 aliphatic rings. The minimum Gasteiger partial charge on any atom is -0.497 e. The van der Waals surface area contributed by atoms with Crippen LogP contribution in [0.1, 0.15) is 24.8 Å². The lowest BCUT2D eigenvalue weighted by Crippen LogP contribution is -2.36. The zero-order valence-corrected chi connectivity index (χ0v) is 11.4. The van der Waals surface area contributed by atoms with Gasteiger partial charge in [-0.25, -0.2) is 0 Å². The molecule has 1 amide bonds. The van der Waals surface area contributed by atoms with Crippen LogP contribution in [0.4, 0.5) is 0 Å². The molecule has 1 aromatic rings. The number of ether oxygens (including phenoxy) is 1. The third-order valence-corrected chi connectivity index (χ3v) is 3.66. The number of carbonyl (C=O) groups is 1. The van der Waals surface area contributed by atoms with Crippen LogP contribution in [0.2, 0.25) is 5.02 Å². The molecule has 1 heterocycles. The highest BCUT2D eigenvalue weighted by Crippen LogP contribution is 2.23. The Hall–Kier alpha value is -1.22.